The number of benzene rings is 2. The summed E-state index contributed by atoms with van der Waals surface area (Å²) in [6.45, 7) is 8.24. The number of amides is 1. The lowest BCUT2D eigenvalue weighted by Crippen LogP contribution is -2.42. The Morgan fingerprint density at radius 3 is 2.59 bits per heavy atom. The number of aromatic nitrogens is 2. The van der Waals surface area contributed by atoms with E-state index in [2.05, 4.69) is 16.7 Å². The van der Waals surface area contributed by atoms with Crippen molar-refractivity contribution in [2.45, 2.75) is 45.8 Å². The zero-order chi connectivity index (χ0) is 22.7. The highest BCUT2D eigenvalue weighted by Crippen LogP contribution is 2.26. The second-order valence-corrected chi connectivity index (χ2v) is 9.76. The lowest BCUT2D eigenvalue weighted by molar-refractivity contribution is 0.0162. The number of halogens is 1. The summed E-state index contributed by atoms with van der Waals surface area (Å²) in [5, 5.41) is 0.714. The fraction of sp³-hybridized carbons (Fsp3) is 0.440. The molecule has 1 fully saturated rings. The Bertz CT molecular complexity index is 1080. The summed E-state index contributed by atoms with van der Waals surface area (Å²) in [5.41, 5.74) is 2.56. The first-order valence-corrected chi connectivity index (χ1v) is 11.5. The number of carbonyl (C=O) groups excluding carboxylic acids is 1. The lowest BCUT2D eigenvalue weighted by atomic mass is 9.98. The molecule has 1 aliphatic rings. The van der Waals surface area contributed by atoms with Crippen LogP contribution in [0.4, 0.5) is 4.79 Å². The topological polar surface area (TPSA) is 56.6 Å². The molecule has 0 bridgehead atoms. The van der Waals surface area contributed by atoms with Crippen molar-refractivity contribution in [1.82, 2.24) is 14.5 Å². The number of likely N-dealkylation sites (tertiary alicyclic amines) is 1. The van der Waals surface area contributed by atoms with E-state index in [4.69, 9.17) is 26.1 Å². The van der Waals surface area contributed by atoms with Gasteiger partial charge in [-0.25, -0.2) is 4.79 Å². The van der Waals surface area contributed by atoms with Gasteiger partial charge in [-0.1, -0.05) is 35.9 Å². The van der Waals surface area contributed by atoms with Crippen LogP contribution in [-0.2, 0) is 11.3 Å². The first kappa shape index (κ1) is 22.5. The minimum Gasteiger partial charge on any atom is -0.464 e. The maximum Gasteiger partial charge on any atom is 0.410 e. The van der Waals surface area contributed by atoms with E-state index >= 15 is 0 Å². The molecular weight excluding hydrogens is 426 g/mol. The van der Waals surface area contributed by atoms with Crippen LogP contribution in [0.1, 0.15) is 39.2 Å². The van der Waals surface area contributed by atoms with Gasteiger partial charge in [0.25, 0.3) is 6.01 Å². The molecule has 170 valence electrons. The van der Waals surface area contributed by atoms with Gasteiger partial charge in [0.1, 0.15) is 5.60 Å². The maximum atomic E-state index is 12.3. The molecule has 4 rings (SSSR count). The van der Waals surface area contributed by atoms with Gasteiger partial charge in [0, 0.05) is 18.1 Å². The average molecular weight is 456 g/mol. The largest absolute Gasteiger partial charge is 0.464 e. The molecular formula is C25H30ClN3O3. The highest BCUT2D eigenvalue weighted by molar-refractivity contribution is 6.30. The van der Waals surface area contributed by atoms with Crippen LogP contribution in [0.3, 0.4) is 0 Å². The van der Waals surface area contributed by atoms with E-state index in [1.54, 1.807) is 4.90 Å². The molecule has 1 saturated heterocycles. The zero-order valence-corrected chi connectivity index (χ0v) is 19.6. The van der Waals surface area contributed by atoms with Gasteiger partial charge in [-0.3, -0.25) is 4.57 Å². The number of nitrogens with zero attached hydrogens (tertiary/aromatic N) is 3. The van der Waals surface area contributed by atoms with Crippen molar-refractivity contribution in [3.05, 3.63) is 59.1 Å². The normalized spacial score (nSPS) is 15.2. The molecule has 0 spiro atoms. The van der Waals surface area contributed by atoms with Gasteiger partial charge in [-0.2, -0.15) is 4.98 Å². The third kappa shape index (κ3) is 5.54. The second kappa shape index (κ2) is 9.41. The predicted octanol–water partition coefficient (Wildman–Crippen LogP) is 5.76. The molecule has 2 aromatic carbocycles. The van der Waals surface area contributed by atoms with Gasteiger partial charge in [0.15, 0.2) is 0 Å². The summed E-state index contributed by atoms with van der Waals surface area (Å²) >= 11 is 6.18. The number of imidazole rings is 1. The maximum absolute atomic E-state index is 12.3. The summed E-state index contributed by atoms with van der Waals surface area (Å²) in [6.07, 6.45) is 1.53. The standard InChI is InChI=1S/C25H30ClN3O3/c1-25(2,3)32-24(30)28-13-11-18(12-14-28)17-31-23-27-21-9-4-5-10-22(21)29(23)16-19-7-6-8-20(26)15-19/h4-10,15,18H,11-14,16-17H2,1-3H3. The molecule has 0 atom stereocenters. The summed E-state index contributed by atoms with van der Waals surface area (Å²) in [7, 11) is 0. The molecule has 0 N–H and O–H groups in total. The Morgan fingerprint density at radius 1 is 1.12 bits per heavy atom. The van der Waals surface area contributed by atoms with Gasteiger partial charge >= 0.3 is 6.09 Å². The van der Waals surface area contributed by atoms with Crippen LogP contribution in [0.25, 0.3) is 11.0 Å². The number of piperidine rings is 1. The van der Waals surface area contributed by atoms with Crippen LogP contribution in [0.5, 0.6) is 6.01 Å². The first-order chi connectivity index (χ1) is 15.3. The van der Waals surface area contributed by atoms with Crippen molar-refractivity contribution >= 4 is 28.7 Å². The summed E-state index contributed by atoms with van der Waals surface area (Å²) < 4.78 is 13.8. The van der Waals surface area contributed by atoms with E-state index in [0.29, 0.717) is 43.2 Å². The van der Waals surface area contributed by atoms with Crippen LogP contribution in [0, 0.1) is 5.92 Å². The summed E-state index contributed by atoms with van der Waals surface area (Å²) in [5.74, 6) is 0.369. The van der Waals surface area contributed by atoms with Crippen molar-refractivity contribution in [2.75, 3.05) is 19.7 Å². The van der Waals surface area contributed by atoms with Crippen molar-refractivity contribution < 1.29 is 14.3 Å². The Balaban J connectivity index is 1.41. The van der Waals surface area contributed by atoms with E-state index in [0.717, 1.165) is 29.4 Å². The van der Waals surface area contributed by atoms with Gasteiger partial charge < -0.3 is 14.4 Å². The molecule has 1 amide bonds. The number of para-hydroxylation sites is 2. The molecule has 1 aromatic heterocycles. The van der Waals surface area contributed by atoms with E-state index in [1.165, 1.54) is 0 Å². The molecule has 0 unspecified atom stereocenters. The van der Waals surface area contributed by atoms with E-state index in [9.17, 15) is 4.79 Å². The van der Waals surface area contributed by atoms with Gasteiger partial charge in [-0.05, 0) is 69.4 Å². The molecule has 0 saturated carbocycles. The molecule has 2 heterocycles. The Kier molecular flexibility index (Phi) is 6.60. The quantitative estimate of drug-likeness (QED) is 0.490. The number of fused-ring (bicyclic) bond motifs is 1. The van der Waals surface area contributed by atoms with Crippen LogP contribution in [0.15, 0.2) is 48.5 Å². The monoisotopic (exact) mass is 455 g/mol. The molecule has 0 radical (unpaired) electrons. The molecule has 6 nitrogen and oxygen atoms in total. The summed E-state index contributed by atoms with van der Waals surface area (Å²) in [4.78, 5) is 18.8. The van der Waals surface area contributed by atoms with Crippen LogP contribution in [-0.4, -0.2) is 45.8 Å². The Labute approximate surface area is 194 Å². The van der Waals surface area contributed by atoms with Crippen LogP contribution >= 0.6 is 11.6 Å². The molecule has 32 heavy (non-hydrogen) atoms. The molecule has 0 aliphatic carbocycles. The first-order valence-electron chi connectivity index (χ1n) is 11.1. The van der Waals surface area contributed by atoms with E-state index in [1.807, 2.05) is 57.2 Å². The smallest absolute Gasteiger partial charge is 0.410 e. The van der Waals surface area contributed by atoms with Crippen molar-refractivity contribution in [1.29, 1.82) is 0 Å². The van der Waals surface area contributed by atoms with Gasteiger partial charge in [0.2, 0.25) is 0 Å². The molecule has 3 aromatic rings. The number of carbonyl (C=O) groups is 1. The number of hydrogen-bond acceptors (Lipinski definition) is 4. The minimum absolute atomic E-state index is 0.236. The number of hydrogen-bond donors (Lipinski definition) is 0. The fourth-order valence-corrected chi connectivity index (χ4v) is 4.15. The number of ether oxygens (including phenoxy) is 2. The second-order valence-electron chi connectivity index (χ2n) is 9.32. The zero-order valence-electron chi connectivity index (χ0n) is 18.9. The van der Waals surface area contributed by atoms with E-state index < -0.39 is 5.60 Å². The van der Waals surface area contributed by atoms with E-state index in [-0.39, 0.29) is 6.09 Å². The Hall–Kier alpha value is -2.73. The third-order valence-corrected chi connectivity index (χ3v) is 5.80. The average Bonchev–Trinajstić information content (AvgIpc) is 3.09. The molecule has 7 heteroatoms. The lowest BCUT2D eigenvalue weighted by Gasteiger charge is -2.33. The van der Waals surface area contributed by atoms with Gasteiger partial charge in [-0.15, -0.1) is 0 Å². The highest BCUT2D eigenvalue weighted by atomic mass is 35.5. The van der Waals surface area contributed by atoms with Crippen LogP contribution < -0.4 is 4.74 Å². The van der Waals surface area contributed by atoms with Gasteiger partial charge in [0.05, 0.1) is 24.2 Å². The Morgan fingerprint density at radius 2 is 1.88 bits per heavy atom. The van der Waals surface area contributed by atoms with Crippen molar-refractivity contribution in [3.8, 4) is 6.01 Å². The molecule has 1 aliphatic heterocycles. The fourth-order valence-electron chi connectivity index (χ4n) is 3.94. The predicted molar refractivity (Wildman–Crippen MR) is 126 cm³/mol. The van der Waals surface area contributed by atoms with Crippen LogP contribution in [0.2, 0.25) is 5.02 Å². The SMILES string of the molecule is CC(C)(C)OC(=O)N1CCC(COc2nc3ccccc3n2Cc2cccc(Cl)c2)CC1. The number of rotatable bonds is 5. The highest BCUT2D eigenvalue weighted by Gasteiger charge is 2.27. The van der Waals surface area contributed by atoms with Crippen molar-refractivity contribution in [3.63, 3.8) is 0 Å². The summed E-state index contributed by atoms with van der Waals surface area (Å²) in [6, 6.07) is 16.5. The minimum atomic E-state index is -0.473. The van der Waals surface area contributed by atoms with Crippen molar-refractivity contribution in [2.24, 2.45) is 5.92 Å². The third-order valence-electron chi connectivity index (χ3n) is 5.56.